The molecule has 0 saturated heterocycles. The van der Waals surface area contributed by atoms with Gasteiger partial charge in [0.1, 0.15) is 5.78 Å². The normalized spacial score (nSPS) is 17.5. The SMILES string of the molecule is Cc1cccc(NC2CCC(=O)CC2)c1C. The van der Waals surface area contributed by atoms with Crippen molar-refractivity contribution in [1.82, 2.24) is 0 Å². The molecule has 0 amide bonds. The summed E-state index contributed by atoms with van der Waals surface area (Å²) in [6.07, 6.45) is 3.43. The molecule has 1 aliphatic rings. The molecule has 2 nitrogen and oxygen atoms in total. The molecular weight excluding hydrogens is 198 g/mol. The number of hydrogen-bond acceptors (Lipinski definition) is 2. The molecule has 2 rings (SSSR count). The predicted octanol–water partition coefficient (Wildman–Crippen LogP) is 3.23. The molecule has 1 saturated carbocycles. The fourth-order valence-corrected chi connectivity index (χ4v) is 2.21. The second kappa shape index (κ2) is 4.69. The van der Waals surface area contributed by atoms with Crippen molar-refractivity contribution in [3.63, 3.8) is 0 Å². The number of nitrogens with one attached hydrogen (secondary N) is 1. The molecule has 0 radical (unpaired) electrons. The van der Waals surface area contributed by atoms with Crippen LogP contribution in [-0.2, 0) is 4.79 Å². The van der Waals surface area contributed by atoms with Gasteiger partial charge in [-0.1, -0.05) is 12.1 Å². The summed E-state index contributed by atoms with van der Waals surface area (Å²) in [5.41, 5.74) is 3.86. The van der Waals surface area contributed by atoms with E-state index >= 15 is 0 Å². The van der Waals surface area contributed by atoms with Gasteiger partial charge < -0.3 is 5.32 Å². The van der Waals surface area contributed by atoms with Gasteiger partial charge in [-0.3, -0.25) is 4.79 Å². The van der Waals surface area contributed by atoms with E-state index in [4.69, 9.17) is 0 Å². The Morgan fingerprint density at radius 1 is 1.19 bits per heavy atom. The third-order valence-electron chi connectivity index (χ3n) is 3.51. The summed E-state index contributed by atoms with van der Waals surface area (Å²) in [5, 5.41) is 3.56. The number of aryl methyl sites for hydroxylation is 1. The van der Waals surface area contributed by atoms with E-state index in [1.807, 2.05) is 0 Å². The first-order valence-electron chi connectivity index (χ1n) is 6.01. The summed E-state index contributed by atoms with van der Waals surface area (Å²) >= 11 is 0. The number of Topliss-reactive ketones (excluding diaryl/α,β-unsaturated/α-hetero) is 1. The standard InChI is InChI=1S/C14H19NO/c1-10-4-3-5-14(11(10)2)15-12-6-8-13(16)9-7-12/h3-5,12,15H,6-9H2,1-2H3. The molecule has 0 bridgehead atoms. The van der Waals surface area contributed by atoms with Crippen molar-refractivity contribution in [2.45, 2.75) is 45.6 Å². The van der Waals surface area contributed by atoms with Crippen LogP contribution in [0.1, 0.15) is 36.8 Å². The summed E-state index contributed by atoms with van der Waals surface area (Å²) in [7, 11) is 0. The molecule has 2 heteroatoms. The maximum absolute atomic E-state index is 11.2. The van der Waals surface area contributed by atoms with Gasteiger partial charge in [0.25, 0.3) is 0 Å². The van der Waals surface area contributed by atoms with Crippen LogP contribution in [0, 0.1) is 13.8 Å². The van der Waals surface area contributed by atoms with Crippen LogP contribution in [0.5, 0.6) is 0 Å². The van der Waals surface area contributed by atoms with Gasteiger partial charge >= 0.3 is 0 Å². The Kier molecular flexibility index (Phi) is 3.28. The van der Waals surface area contributed by atoms with E-state index in [1.54, 1.807) is 0 Å². The smallest absolute Gasteiger partial charge is 0.133 e. The van der Waals surface area contributed by atoms with E-state index in [9.17, 15) is 4.79 Å². The number of hydrogen-bond donors (Lipinski definition) is 1. The van der Waals surface area contributed by atoms with Gasteiger partial charge in [-0.25, -0.2) is 0 Å². The lowest BCUT2D eigenvalue weighted by Gasteiger charge is -2.24. The number of anilines is 1. The van der Waals surface area contributed by atoms with Gasteiger partial charge in [-0.15, -0.1) is 0 Å². The van der Waals surface area contributed by atoms with Crippen molar-refractivity contribution < 1.29 is 4.79 Å². The second-order valence-corrected chi connectivity index (χ2v) is 4.70. The molecule has 0 aliphatic heterocycles. The summed E-state index contributed by atoms with van der Waals surface area (Å²) in [5.74, 6) is 0.416. The highest BCUT2D eigenvalue weighted by Gasteiger charge is 2.18. The molecule has 1 aromatic carbocycles. The van der Waals surface area contributed by atoms with Crippen LogP contribution in [0.2, 0.25) is 0 Å². The zero-order chi connectivity index (χ0) is 11.5. The Balaban J connectivity index is 2.04. The second-order valence-electron chi connectivity index (χ2n) is 4.70. The average Bonchev–Trinajstić information content (AvgIpc) is 2.28. The minimum atomic E-state index is 0.416. The highest BCUT2D eigenvalue weighted by molar-refractivity contribution is 5.79. The number of ketones is 1. The molecule has 0 spiro atoms. The Labute approximate surface area is 97.1 Å². The van der Waals surface area contributed by atoms with Crippen molar-refractivity contribution in [3.05, 3.63) is 29.3 Å². The molecule has 86 valence electrons. The molecule has 0 aromatic heterocycles. The van der Waals surface area contributed by atoms with E-state index in [0.717, 1.165) is 25.7 Å². The molecule has 0 heterocycles. The molecule has 0 atom stereocenters. The Bertz CT molecular complexity index is 388. The average molecular weight is 217 g/mol. The van der Waals surface area contributed by atoms with Crippen LogP contribution >= 0.6 is 0 Å². The van der Waals surface area contributed by atoms with Crippen LogP contribution in [0.25, 0.3) is 0 Å². The van der Waals surface area contributed by atoms with E-state index in [1.165, 1.54) is 16.8 Å². The van der Waals surface area contributed by atoms with Gasteiger partial charge in [0, 0.05) is 24.6 Å². The van der Waals surface area contributed by atoms with Crippen LogP contribution < -0.4 is 5.32 Å². The zero-order valence-electron chi connectivity index (χ0n) is 10.0. The van der Waals surface area contributed by atoms with E-state index in [-0.39, 0.29) is 0 Å². The summed E-state index contributed by atoms with van der Waals surface area (Å²) < 4.78 is 0. The quantitative estimate of drug-likeness (QED) is 0.824. The summed E-state index contributed by atoms with van der Waals surface area (Å²) in [6.45, 7) is 4.27. The first-order chi connectivity index (χ1) is 7.66. The maximum Gasteiger partial charge on any atom is 0.133 e. The first-order valence-corrected chi connectivity index (χ1v) is 6.01. The minimum Gasteiger partial charge on any atom is -0.382 e. The Hall–Kier alpha value is -1.31. The first kappa shape index (κ1) is 11.2. The van der Waals surface area contributed by atoms with Crippen LogP contribution in [0.3, 0.4) is 0 Å². The third kappa shape index (κ3) is 2.43. The van der Waals surface area contributed by atoms with Gasteiger partial charge in [-0.2, -0.15) is 0 Å². The van der Waals surface area contributed by atoms with Gasteiger partial charge in [0.2, 0.25) is 0 Å². The van der Waals surface area contributed by atoms with Crippen molar-refractivity contribution in [1.29, 1.82) is 0 Å². The van der Waals surface area contributed by atoms with Crippen LogP contribution in [-0.4, -0.2) is 11.8 Å². The van der Waals surface area contributed by atoms with Crippen LogP contribution in [0.15, 0.2) is 18.2 Å². The molecule has 1 aliphatic carbocycles. The lowest BCUT2D eigenvalue weighted by molar-refractivity contribution is -0.120. The molecular formula is C14H19NO. The number of rotatable bonds is 2. The monoisotopic (exact) mass is 217 g/mol. The molecule has 1 aromatic rings. The molecule has 0 unspecified atom stereocenters. The fourth-order valence-electron chi connectivity index (χ4n) is 2.21. The fraction of sp³-hybridized carbons (Fsp3) is 0.500. The third-order valence-corrected chi connectivity index (χ3v) is 3.51. The summed E-state index contributed by atoms with van der Waals surface area (Å²) in [6, 6.07) is 6.81. The van der Waals surface area contributed by atoms with Gasteiger partial charge in [0.15, 0.2) is 0 Å². The number of benzene rings is 1. The van der Waals surface area contributed by atoms with E-state index < -0.39 is 0 Å². The van der Waals surface area contributed by atoms with Crippen LogP contribution in [0.4, 0.5) is 5.69 Å². The summed E-state index contributed by atoms with van der Waals surface area (Å²) in [4.78, 5) is 11.2. The van der Waals surface area contributed by atoms with Gasteiger partial charge in [-0.05, 0) is 43.9 Å². The maximum atomic E-state index is 11.2. The van der Waals surface area contributed by atoms with E-state index in [0.29, 0.717) is 11.8 Å². The van der Waals surface area contributed by atoms with Crippen molar-refractivity contribution in [3.8, 4) is 0 Å². The predicted molar refractivity (Wildman–Crippen MR) is 66.8 cm³/mol. The number of carbonyl (C=O) groups is 1. The molecule has 16 heavy (non-hydrogen) atoms. The lowest BCUT2D eigenvalue weighted by atomic mass is 9.94. The topological polar surface area (TPSA) is 29.1 Å². The van der Waals surface area contributed by atoms with Crippen molar-refractivity contribution >= 4 is 11.5 Å². The minimum absolute atomic E-state index is 0.416. The van der Waals surface area contributed by atoms with E-state index in [2.05, 4.69) is 37.4 Å². The highest BCUT2D eigenvalue weighted by atomic mass is 16.1. The molecule has 1 fully saturated rings. The number of carbonyl (C=O) groups excluding carboxylic acids is 1. The zero-order valence-corrected chi connectivity index (χ0v) is 10.0. The highest BCUT2D eigenvalue weighted by Crippen LogP contribution is 2.23. The van der Waals surface area contributed by atoms with Crippen molar-refractivity contribution in [2.24, 2.45) is 0 Å². The largest absolute Gasteiger partial charge is 0.382 e. The van der Waals surface area contributed by atoms with Gasteiger partial charge in [0.05, 0.1) is 0 Å². The lowest BCUT2D eigenvalue weighted by Crippen LogP contribution is -2.26. The Morgan fingerprint density at radius 3 is 2.56 bits per heavy atom. The van der Waals surface area contributed by atoms with Crippen molar-refractivity contribution in [2.75, 3.05) is 5.32 Å². The molecule has 1 N–H and O–H groups in total. The Morgan fingerprint density at radius 2 is 1.88 bits per heavy atom.